The maximum Gasteiger partial charge on any atom is 0.228 e. The van der Waals surface area contributed by atoms with Crippen molar-refractivity contribution >= 4 is 42.4 Å². The van der Waals surface area contributed by atoms with Crippen molar-refractivity contribution in [3.8, 4) is 5.75 Å². The highest BCUT2D eigenvalue weighted by Gasteiger charge is 2.22. The number of nitrogens with zero attached hydrogens (tertiary/aromatic N) is 3. The van der Waals surface area contributed by atoms with Crippen LogP contribution in [0.2, 0.25) is 0 Å². The Hall–Kier alpha value is -2.49. The predicted octanol–water partition coefficient (Wildman–Crippen LogP) is 4.07. The van der Waals surface area contributed by atoms with E-state index in [2.05, 4.69) is 12.1 Å². The molecular weight excluding hydrogens is 458 g/mol. The third kappa shape index (κ3) is 6.31. The Balaban J connectivity index is 1.73. The number of carbonyl (C=O) groups excluding carboxylic acids is 1. The van der Waals surface area contributed by atoms with Crippen LogP contribution in [0.3, 0.4) is 0 Å². The fourth-order valence-corrected chi connectivity index (χ4v) is 6.05. The fraction of sp³-hybridized carbons (Fsp3) is 0.417. The number of methoxy groups -OCH3 is 1. The van der Waals surface area contributed by atoms with Crippen molar-refractivity contribution in [3.63, 3.8) is 0 Å². The first kappa shape index (κ1) is 25.1. The highest BCUT2D eigenvalue weighted by Crippen LogP contribution is 2.32. The second-order valence-electron chi connectivity index (χ2n) is 8.37. The average Bonchev–Trinajstić information content (AvgIpc) is 3.17. The Morgan fingerprint density at radius 3 is 2.42 bits per heavy atom. The van der Waals surface area contributed by atoms with Gasteiger partial charge in [0, 0.05) is 19.5 Å². The molecule has 0 aliphatic carbocycles. The van der Waals surface area contributed by atoms with Gasteiger partial charge in [-0.2, -0.15) is 0 Å². The number of amides is 1. The van der Waals surface area contributed by atoms with E-state index in [-0.39, 0.29) is 29.4 Å². The summed E-state index contributed by atoms with van der Waals surface area (Å²) in [5.41, 5.74) is 3.15. The lowest BCUT2D eigenvalue weighted by molar-refractivity contribution is -0.118. The standard InChI is InChI=1S/C24H31N3O4S2/c1-17-15-18(2)23-21(16-17)32-24(25-23)27(13-12-26(3)4)22(28)7-6-14-33(29,30)20-10-8-19(31-5)9-11-20/h8-11,15-16H,6-7,12-14H2,1-5H3. The van der Waals surface area contributed by atoms with Gasteiger partial charge in [0.05, 0.1) is 28.0 Å². The molecule has 0 N–H and O–H groups in total. The lowest BCUT2D eigenvalue weighted by Crippen LogP contribution is -2.36. The van der Waals surface area contributed by atoms with Crippen molar-refractivity contribution in [2.24, 2.45) is 0 Å². The van der Waals surface area contributed by atoms with Gasteiger partial charge in [-0.15, -0.1) is 0 Å². The van der Waals surface area contributed by atoms with E-state index in [0.29, 0.717) is 24.0 Å². The monoisotopic (exact) mass is 489 g/mol. The number of ether oxygens (including phenoxy) is 1. The molecule has 0 saturated heterocycles. The molecule has 7 nitrogen and oxygen atoms in total. The highest BCUT2D eigenvalue weighted by atomic mass is 32.2. The lowest BCUT2D eigenvalue weighted by Gasteiger charge is -2.22. The molecule has 9 heteroatoms. The first-order valence-electron chi connectivity index (χ1n) is 10.8. The molecule has 0 aliphatic heterocycles. The zero-order valence-corrected chi connectivity index (χ0v) is 21.4. The zero-order valence-electron chi connectivity index (χ0n) is 19.8. The molecule has 0 spiro atoms. The van der Waals surface area contributed by atoms with Gasteiger partial charge >= 0.3 is 0 Å². The van der Waals surface area contributed by atoms with Gasteiger partial charge in [-0.3, -0.25) is 9.69 Å². The van der Waals surface area contributed by atoms with E-state index in [0.717, 1.165) is 21.3 Å². The summed E-state index contributed by atoms with van der Waals surface area (Å²) in [7, 11) is 1.97. The van der Waals surface area contributed by atoms with Gasteiger partial charge in [-0.25, -0.2) is 13.4 Å². The zero-order chi connectivity index (χ0) is 24.2. The SMILES string of the molecule is COc1ccc(S(=O)(=O)CCCC(=O)N(CCN(C)C)c2nc3c(C)cc(C)cc3s2)cc1. The minimum atomic E-state index is -3.48. The summed E-state index contributed by atoms with van der Waals surface area (Å²) in [4.78, 5) is 21.8. The summed E-state index contributed by atoms with van der Waals surface area (Å²) in [6.45, 7) is 5.25. The van der Waals surface area contributed by atoms with E-state index < -0.39 is 9.84 Å². The van der Waals surface area contributed by atoms with E-state index in [4.69, 9.17) is 9.72 Å². The van der Waals surface area contributed by atoms with Crippen molar-refractivity contribution in [1.82, 2.24) is 9.88 Å². The Kier molecular flexibility index (Phi) is 8.10. The van der Waals surface area contributed by atoms with Crippen molar-refractivity contribution in [3.05, 3.63) is 47.5 Å². The van der Waals surface area contributed by atoms with Crippen LogP contribution in [0.4, 0.5) is 5.13 Å². The number of rotatable bonds is 10. The van der Waals surface area contributed by atoms with Crippen LogP contribution in [0.15, 0.2) is 41.3 Å². The third-order valence-electron chi connectivity index (χ3n) is 5.34. The lowest BCUT2D eigenvalue weighted by atomic mass is 10.1. The van der Waals surface area contributed by atoms with Crippen LogP contribution in [0, 0.1) is 13.8 Å². The van der Waals surface area contributed by atoms with E-state index >= 15 is 0 Å². The second-order valence-corrected chi connectivity index (χ2v) is 11.5. The van der Waals surface area contributed by atoms with Crippen LogP contribution in [-0.4, -0.2) is 64.3 Å². The largest absolute Gasteiger partial charge is 0.497 e. The molecule has 0 bridgehead atoms. The molecule has 3 aromatic rings. The summed E-state index contributed by atoms with van der Waals surface area (Å²) < 4.78 is 31.5. The van der Waals surface area contributed by atoms with Crippen LogP contribution >= 0.6 is 11.3 Å². The topological polar surface area (TPSA) is 79.8 Å². The van der Waals surface area contributed by atoms with Crippen LogP contribution in [0.25, 0.3) is 10.2 Å². The maximum absolute atomic E-state index is 13.2. The Labute approximate surface area is 199 Å². The van der Waals surface area contributed by atoms with Crippen molar-refractivity contribution < 1.29 is 17.9 Å². The van der Waals surface area contributed by atoms with Gasteiger partial charge in [0.1, 0.15) is 5.75 Å². The fourth-order valence-electron chi connectivity index (χ4n) is 3.55. The number of aryl methyl sites for hydroxylation is 2. The Morgan fingerprint density at radius 1 is 1.09 bits per heavy atom. The first-order valence-corrected chi connectivity index (χ1v) is 13.3. The summed E-state index contributed by atoms with van der Waals surface area (Å²) >= 11 is 1.50. The normalized spacial score (nSPS) is 11.8. The van der Waals surface area contributed by atoms with Gasteiger partial charge < -0.3 is 9.64 Å². The number of sulfone groups is 1. The average molecular weight is 490 g/mol. The number of fused-ring (bicyclic) bond motifs is 1. The molecule has 1 amide bonds. The van der Waals surface area contributed by atoms with Crippen LogP contribution < -0.4 is 9.64 Å². The molecular formula is C24H31N3O4S2. The molecule has 0 fully saturated rings. The number of thiazole rings is 1. The van der Waals surface area contributed by atoms with E-state index in [9.17, 15) is 13.2 Å². The third-order valence-corrected chi connectivity index (χ3v) is 8.19. The smallest absolute Gasteiger partial charge is 0.228 e. The van der Waals surface area contributed by atoms with Crippen LogP contribution in [0.1, 0.15) is 24.0 Å². The number of likely N-dealkylation sites (N-methyl/N-ethyl adjacent to an activating group) is 1. The molecule has 0 radical (unpaired) electrons. The number of hydrogen-bond donors (Lipinski definition) is 0. The van der Waals surface area contributed by atoms with Crippen LogP contribution in [-0.2, 0) is 14.6 Å². The number of hydrogen-bond acceptors (Lipinski definition) is 7. The molecule has 0 aliphatic rings. The molecule has 0 saturated carbocycles. The summed E-state index contributed by atoms with van der Waals surface area (Å²) in [5, 5.41) is 0.656. The molecule has 33 heavy (non-hydrogen) atoms. The minimum Gasteiger partial charge on any atom is -0.497 e. The summed E-state index contributed by atoms with van der Waals surface area (Å²) in [6, 6.07) is 10.5. The minimum absolute atomic E-state index is 0.0925. The molecule has 178 valence electrons. The van der Waals surface area contributed by atoms with E-state index in [1.807, 2.05) is 32.8 Å². The van der Waals surface area contributed by atoms with Gasteiger partial charge in [0.25, 0.3) is 0 Å². The molecule has 1 aromatic heterocycles. The van der Waals surface area contributed by atoms with Crippen molar-refractivity contribution in [1.29, 1.82) is 0 Å². The molecule has 2 aromatic carbocycles. The first-order chi connectivity index (χ1) is 15.6. The van der Waals surface area contributed by atoms with E-state index in [1.165, 1.54) is 30.6 Å². The quantitative estimate of drug-likeness (QED) is 0.427. The number of anilines is 1. The Morgan fingerprint density at radius 2 is 1.79 bits per heavy atom. The summed E-state index contributed by atoms with van der Waals surface area (Å²) in [5.74, 6) is 0.391. The second kappa shape index (κ2) is 10.6. The van der Waals surface area contributed by atoms with Crippen LogP contribution in [0.5, 0.6) is 5.75 Å². The number of carbonyl (C=O) groups is 1. The van der Waals surface area contributed by atoms with Gasteiger partial charge in [0.2, 0.25) is 5.91 Å². The van der Waals surface area contributed by atoms with Gasteiger partial charge in [-0.1, -0.05) is 17.4 Å². The highest BCUT2D eigenvalue weighted by molar-refractivity contribution is 7.91. The summed E-state index contributed by atoms with van der Waals surface area (Å²) in [6.07, 6.45) is 0.380. The van der Waals surface area contributed by atoms with E-state index in [1.54, 1.807) is 17.0 Å². The number of benzene rings is 2. The van der Waals surface area contributed by atoms with Crippen molar-refractivity contribution in [2.45, 2.75) is 31.6 Å². The molecule has 1 heterocycles. The Bertz CT molecular complexity index is 1220. The number of aromatic nitrogens is 1. The molecule has 0 atom stereocenters. The maximum atomic E-state index is 13.2. The predicted molar refractivity (Wildman–Crippen MR) is 134 cm³/mol. The van der Waals surface area contributed by atoms with Gasteiger partial charge in [0.15, 0.2) is 15.0 Å². The van der Waals surface area contributed by atoms with Crippen molar-refractivity contribution in [2.75, 3.05) is 44.9 Å². The van der Waals surface area contributed by atoms with Gasteiger partial charge in [-0.05, 0) is 75.8 Å². The molecule has 0 unspecified atom stereocenters. The molecule has 3 rings (SSSR count).